The van der Waals surface area contributed by atoms with Gasteiger partial charge in [0.05, 0.1) is 12.6 Å². The van der Waals surface area contributed by atoms with Crippen molar-refractivity contribution >= 4 is 5.78 Å². The average molecular weight is 300 g/mol. The Bertz CT molecular complexity index is 521. The summed E-state index contributed by atoms with van der Waals surface area (Å²) in [6, 6.07) is 10.3. The van der Waals surface area contributed by atoms with E-state index in [4.69, 9.17) is 4.74 Å². The molecule has 1 fully saturated rings. The highest BCUT2D eigenvalue weighted by molar-refractivity contribution is 5.98. The molecule has 2 aliphatic heterocycles. The molecular weight excluding hydrogens is 276 g/mol. The van der Waals surface area contributed by atoms with Gasteiger partial charge in [0.15, 0.2) is 5.78 Å². The summed E-state index contributed by atoms with van der Waals surface area (Å²) < 4.78 is 5.58. The average Bonchev–Trinajstić information content (AvgIpc) is 3.04. The smallest absolute Gasteiger partial charge is 0.173 e. The van der Waals surface area contributed by atoms with Crippen LogP contribution >= 0.6 is 0 Å². The molecular formula is C18H24N2O2. The standard InChI is InChI=1S/C18H24N2O2/c21-18-14-20(13-15-5-2-1-3-6-15)9-8-16(18)11-19-12-17-7-4-10-22-17/h1-3,5-6,8,17,19H,4,7,9-14H2. The van der Waals surface area contributed by atoms with Gasteiger partial charge in [-0.1, -0.05) is 36.4 Å². The normalized spacial score (nSPS) is 22.8. The Hall–Kier alpha value is -1.49. The van der Waals surface area contributed by atoms with Crippen molar-refractivity contribution in [2.45, 2.75) is 25.5 Å². The number of ketones is 1. The first-order chi connectivity index (χ1) is 10.8. The van der Waals surface area contributed by atoms with Crippen molar-refractivity contribution in [3.63, 3.8) is 0 Å². The number of carbonyl (C=O) groups is 1. The molecule has 118 valence electrons. The van der Waals surface area contributed by atoms with Gasteiger partial charge in [-0.25, -0.2) is 0 Å². The minimum absolute atomic E-state index is 0.238. The maximum absolute atomic E-state index is 12.2. The molecule has 4 heteroatoms. The lowest BCUT2D eigenvalue weighted by Gasteiger charge is -2.25. The number of benzene rings is 1. The lowest BCUT2D eigenvalue weighted by molar-refractivity contribution is -0.117. The fourth-order valence-corrected chi connectivity index (χ4v) is 3.03. The van der Waals surface area contributed by atoms with Gasteiger partial charge in [0.25, 0.3) is 0 Å². The van der Waals surface area contributed by atoms with E-state index >= 15 is 0 Å². The topological polar surface area (TPSA) is 41.6 Å². The molecule has 2 aliphatic rings. The van der Waals surface area contributed by atoms with Gasteiger partial charge >= 0.3 is 0 Å². The zero-order valence-corrected chi connectivity index (χ0v) is 13.0. The van der Waals surface area contributed by atoms with E-state index in [0.717, 1.165) is 44.7 Å². The molecule has 1 N–H and O–H groups in total. The van der Waals surface area contributed by atoms with E-state index in [1.807, 2.05) is 18.2 Å². The van der Waals surface area contributed by atoms with Crippen LogP contribution in [0.5, 0.6) is 0 Å². The number of nitrogens with zero attached hydrogens (tertiary/aromatic N) is 1. The summed E-state index contributed by atoms with van der Waals surface area (Å²) in [7, 11) is 0. The number of rotatable bonds is 6. The molecule has 1 atom stereocenters. The number of hydrogen-bond acceptors (Lipinski definition) is 4. The van der Waals surface area contributed by atoms with Crippen molar-refractivity contribution in [2.24, 2.45) is 0 Å². The Morgan fingerprint density at radius 2 is 2.14 bits per heavy atom. The Kier molecular flexibility index (Phi) is 5.38. The molecule has 3 rings (SSSR count). The first-order valence-electron chi connectivity index (χ1n) is 8.12. The number of hydrogen-bond donors (Lipinski definition) is 1. The third kappa shape index (κ3) is 4.26. The summed E-state index contributed by atoms with van der Waals surface area (Å²) in [6.45, 7) is 4.58. The van der Waals surface area contributed by atoms with Gasteiger partial charge in [0.1, 0.15) is 0 Å². The lowest BCUT2D eigenvalue weighted by atomic mass is 10.1. The predicted molar refractivity (Wildman–Crippen MR) is 86.7 cm³/mol. The zero-order chi connectivity index (χ0) is 15.2. The Balaban J connectivity index is 1.45. The van der Waals surface area contributed by atoms with Crippen molar-refractivity contribution < 1.29 is 9.53 Å². The molecule has 1 aromatic rings. The second kappa shape index (κ2) is 7.68. The van der Waals surface area contributed by atoms with E-state index in [9.17, 15) is 4.79 Å². The van der Waals surface area contributed by atoms with Crippen LogP contribution in [0.4, 0.5) is 0 Å². The molecule has 1 aromatic carbocycles. The van der Waals surface area contributed by atoms with E-state index in [0.29, 0.717) is 19.2 Å². The van der Waals surface area contributed by atoms with Gasteiger partial charge in [-0.15, -0.1) is 0 Å². The van der Waals surface area contributed by atoms with E-state index in [-0.39, 0.29) is 5.78 Å². The first-order valence-corrected chi connectivity index (χ1v) is 8.12. The summed E-state index contributed by atoms with van der Waals surface area (Å²) >= 11 is 0. The Morgan fingerprint density at radius 1 is 1.27 bits per heavy atom. The van der Waals surface area contributed by atoms with E-state index in [1.165, 1.54) is 5.56 Å². The molecule has 0 aliphatic carbocycles. The summed E-state index contributed by atoms with van der Waals surface area (Å²) in [4.78, 5) is 14.4. The Labute approximate surface area is 132 Å². The second-order valence-electron chi connectivity index (χ2n) is 6.07. The number of nitrogens with one attached hydrogen (secondary N) is 1. The largest absolute Gasteiger partial charge is 0.377 e. The van der Waals surface area contributed by atoms with E-state index in [1.54, 1.807) is 0 Å². The SMILES string of the molecule is O=C1CN(Cc2ccccc2)CC=C1CNCC1CCCO1. The number of ether oxygens (including phenoxy) is 1. The van der Waals surface area contributed by atoms with Crippen molar-refractivity contribution in [2.75, 3.05) is 32.8 Å². The maximum atomic E-state index is 12.2. The van der Waals surface area contributed by atoms with Crippen molar-refractivity contribution in [1.29, 1.82) is 0 Å². The van der Waals surface area contributed by atoms with Crippen molar-refractivity contribution in [1.82, 2.24) is 10.2 Å². The van der Waals surface area contributed by atoms with Gasteiger partial charge in [-0.2, -0.15) is 0 Å². The summed E-state index contributed by atoms with van der Waals surface area (Å²) in [5.74, 6) is 0.238. The monoisotopic (exact) mass is 300 g/mol. The summed E-state index contributed by atoms with van der Waals surface area (Å²) in [5, 5.41) is 3.36. The Morgan fingerprint density at radius 3 is 2.86 bits per heavy atom. The van der Waals surface area contributed by atoms with Crippen LogP contribution < -0.4 is 5.32 Å². The molecule has 0 radical (unpaired) electrons. The van der Waals surface area contributed by atoms with Crippen LogP contribution in [0, 0.1) is 0 Å². The van der Waals surface area contributed by atoms with E-state index in [2.05, 4.69) is 28.4 Å². The molecule has 0 amide bonds. The quantitative estimate of drug-likeness (QED) is 0.869. The molecule has 22 heavy (non-hydrogen) atoms. The maximum Gasteiger partial charge on any atom is 0.173 e. The van der Waals surface area contributed by atoms with Gasteiger partial charge in [-0.05, 0) is 18.4 Å². The van der Waals surface area contributed by atoms with Crippen LogP contribution in [0.2, 0.25) is 0 Å². The van der Waals surface area contributed by atoms with Gasteiger partial charge in [-0.3, -0.25) is 9.69 Å². The lowest BCUT2D eigenvalue weighted by Crippen LogP contribution is -2.38. The third-order valence-electron chi connectivity index (χ3n) is 4.28. The first kappa shape index (κ1) is 15.4. The summed E-state index contributed by atoms with van der Waals surface area (Å²) in [5.41, 5.74) is 2.17. The number of Topliss-reactive ketones (excluding diaryl/α,β-unsaturated/α-hetero) is 1. The van der Waals surface area contributed by atoms with E-state index < -0.39 is 0 Å². The zero-order valence-electron chi connectivity index (χ0n) is 13.0. The highest BCUT2D eigenvalue weighted by Gasteiger charge is 2.20. The third-order valence-corrected chi connectivity index (χ3v) is 4.28. The fraction of sp³-hybridized carbons (Fsp3) is 0.500. The van der Waals surface area contributed by atoms with Crippen LogP contribution in [-0.4, -0.2) is 49.6 Å². The van der Waals surface area contributed by atoms with Crippen LogP contribution in [0.15, 0.2) is 42.0 Å². The highest BCUT2D eigenvalue weighted by Crippen LogP contribution is 2.13. The van der Waals surface area contributed by atoms with Gasteiger partial charge in [0.2, 0.25) is 0 Å². The summed E-state index contributed by atoms with van der Waals surface area (Å²) in [6.07, 6.45) is 4.68. The minimum atomic E-state index is 0.238. The minimum Gasteiger partial charge on any atom is -0.377 e. The molecule has 1 saturated heterocycles. The van der Waals surface area contributed by atoms with Crippen LogP contribution in [0.3, 0.4) is 0 Å². The van der Waals surface area contributed by atoms with Crippen LogP contribution in [0.1, 0.15) is 18.4 Å². The molecule has 1 unspecified atom stereocenters. The number of carbonyl (C=O) groups excluding carboxylic acids is 1. The van der Waals surface area contributed by atoms with Crippen molar-refractivity contribution in [3.05, 3.63) is 47.5 Å². The van der Waals surface area contributed by atoms with Gasteiger partial charge < -0.3 is 10.1 Å². The molecule has 0 saturated carbocycles. The molecule has 4 nitrogen and oxygen atoms in total. The molecule has 0 bridgehead atoms. The predicted octanol–water partition coefficient (Wildman–Crippen LogP) is 1.77. The molecule has 0 aromatic heterocycles. The molecule has 0 spiro atoms. The fourth-order valence-electron chi connectivity index (χ4n) is 3.03. The molecule has 2 heterocycles. The van der Waals surface area contributed by atoms with Crippen molar-refractivity contribution in [3.8, 4) is 0 Å². The van der Waals surface area contributed by atoms with Gasteiger partial charge in [0, 0.05) is 38.4 Å². The van der Waals surface area contributed by atoms with Crippen LogP contribution in [-0.2, 0) is 16.1 Å². The van der Waals surface area contributed by atoms with Crippen LogP contribution in [0.25, 0.3) is 0 Å². The second-order valence-corrected chi connectivity index (χ2v) is 6.07. The highest BCUT2D eigenvalue weighted by atomic mass is 16.5.